The molecule has 7 nitrogen and oxygen atoms in total. The summed E-state index contributed by atoms with van der Waals surface area (Å²) in [7, 11) is 1.73. The number of para-hydroxylation sites is 1. The second kappa shape index (κ2) is 10.2. The van der Waals surface area contributed by atoms with Crippen LogP contribution in [0.3, 0.4) is 0 Å². The summed E-state index contributed by atoms with van der Waals surface area (Å²) < 4.78 is 1.67. The van der Waals surface area contributed by atoms with Gasteiger partial charge < -0.3 is 15.2 Å². The average molecular weight is 485 g/mol. The number of carbonyl (C=O) groups excluding carboxylic acids is 2. The van der Waals surface area contributed by atoms with Gasteiger partial charge in [0.1, 0.15) is 5.82 Å². The van der Waals surface area contributed by atoms with Gasteiger partial charge in [0.15, 0.2) is 5.16 Å². The summed E-state index contributed by atoms with van der Waals surface area (Å²) in [5, 5.41) is 15.3. The molecule has 11 heteroatoms. The van der Waals surface area contributed by atoms with E-state index in [0.29, 0.717) is 37.4 Å². The SMILES string of the molecule is Cn1c(CC(=O)Nc2ccc(Cl)c(Cl)c2)nnc1SCC(=O)Nc1ccccc1Cl. The van der Waals surface area contributed by atoms with Crippen LogP contribution >= 0.6 is 46.6 Å². The molecule has 30 heavy (non-hydrogen) atoms. The van der Waals surface area contributed by atoms with Crippen molar-refractivity contribution in [2.24, 2.45) is 7.05 Å². The van der Waals surface area contributed by atoms with Crippen LogP contribution in [-0.2, 0) is 23.1 Å². The smallest absolute Gasteiger partial charge is 0.234 e. The molecule has 2 aromatic carbocycles. The number of carbonyl (C=O) groups is 2. The van der Waals surface area contributed by atoms with Crippen molar-refractivity contribution in [2.45, 2.75) is 11.6 Å². The molecule has 0 aliphatic rings. The van der Waals surface area contributed by atoms with Gasteiger partial charge in [-0.2, -0.15) is 0 Å². The number of hydrogen-bond acceptors (Lipinski definition) is 5. The average Bonchev–Trinajstić information content (AvgIpc) is 3.04. The van der Waals surface area contributed by atoms with Crippen molar-refractivity contribution >= 4 is 69.8 Å². The molecule has 0 bridgehead atoms. The Morgan fingerprint density at radius 1 is 0.967 bits per heavy atom. The Labute approximate surface area is 192 Å². The highest BCUT2D eigenvalue weighted by Gasteiger charge is 2.15. The van der Waals surface area contributed by atoms with Crippen LogP contribution in [0.5, 0.6) is 0 Å². The Morgan fingerprint density at radius 3 is 2.47 bits per heavy atom. The molecule has 0 aliphatic heterocycles. The monoisotopic (exact) mass is 483 g/mol. The van der Waals surface area contributed by atoms with Crippen LogP contribution < -0.4 is 10.6 Å². The van der Waals surface area contributed by atoms with E-state index in [0.717, 1.165) is 0 Å². The van der Waals surface area contributed by atoms with E-state index >= 15 is 0 Å². The van der Waals surface area contributed by atoms with Crippen LogP contribution in [0.2, 0.25) is 15.1 Å². The lowest BCUT2D eigenvalue weighted by atomic mass is 10.3. The lowest BCUT2D eigenvalue weighted by Gasteiger charge is -2.08. The van der Waals surface area contributed by atoms with Crippen LogP contribution in [0.25, 0.3) is 0 Å². The largest absolute Gasteiger partial charge is 0.326 e. The van der Waals surface area contributed by atoms with E-state index in [4.69, 9.17) is 34.8 Å². The Balaban J connectivity index is 1.55. The second-order valence-electron chi connectivity index (χ2n) is 6.13. The zero-order valence-electron chi connectivity index (χ0n) is 15.7. The number of benzene rings is 2. The molecule has 156 valence electrons. The van der Waals surface area contributed by atoms with Gasteiger partial charge in [0, 0.05) is 12.7 Å². The lowest BCUT2D eigenvalue weighted by Crippen LogP contribution is -2.17. The fourth-order valence-corrected chi connectivity index (χ4v) is 3.64. The van der Waals surface area contributed by atoms with Gasteiger partial charge in [0.25, 0.3) is 0 Å². The third-order valence-electron chi connectivity index (χ3n) is 3.93. The summed E-state index contributed by atoms with van der Waals surface area (Å²) in [5.74, 6) is 0.0700. The minimum Gasteiger partial charge on any atom is -0.326 e. The van der Waals surface area contributed by atoms with Crippen molar-refractivity contribution in [3.63, 3.8) is 0 Å². The highest BCUT2D eigenvalue weighted by molar-refractivity contribution is 7.99. The van der Waals surface area contributed by atoms with Crippen molar-refractivity contribution < 1.29 is 9.59 Å². The van der Waals surface area contributed by atoms with Gasteiger partial charge in [-0.1, -0.05) is 58.7 Å². The molecule has 3 rings (SSSR count). The molecule has 0 atom stereocenters. The van der Waals surface area contributed by atoms with Gasteiger partial charge >= 0.3 is 0 Å². The molecular formula is C19H16Cl3N5O2S. The number of anilines is 2. The summed E-state index contributed by atoms with van der Waals surface area (Å²) >= 11 is 19.1. The van der Waals surface area contributed by atoms with E-state index in [-0.39, 0.29) is 24.0 Å². The maximum absolute atomic E-state index is 12.3. The van der Waals surface area contributed by atoms with Crippen LogP contribution in [0, 0.1) is 0 Å². The number of rotatable bonds is 7. The van der Waals surface area contributed by atoms with Gasteiger partial charge in [0.2, 0.25) is 11.8 Å². The van der Waals surface area contributed by atoms with Gasteiger partial charge in [-0.15, -0.1) is 10.2 Å². The van der Waals surface area contributed by atoms with Crippen molar-refractivity contribution in [2.75, 3.05) is 16.4 Å². The van der Waals surface area contributed by atoms with E-state index in [2.05, 4.69) is 20.8 Å². The molecule has 0 saturated heterocycles. The molecule has 0 saturated carbocycles. The topological polar surface area (TPSA) is 88.9 Å². The molecule has 1 aromatic heterocycles. The molecule has 1 heterocycles. The van der Waals surface area contributed by atoms with Crippen molar-refractivity contribution in [1.29, 1.82) is 0 Å². The first kappa shape index (κ1) is 22.4. The number of nitrogens with zero attached hydrogens (tertiary/aromatic N) is 3. The van der Waals surface area contributed by atoms with Gasteiger partial charge in [-0.3, -0.25) is 9.59 Å². The number of hydrogen-bond donors (Lipinski definition) is 2. The molecule has 2 amide bonds. The Kier molecular flexibility index (Phi) is 7.60. The van der Waals surface area contributed by atoms with E-state index < -0.39 is 0 Å². The Hall–Kier alpha value is -2.26. The maximum atomic E-state index is 12.3. The van der Waals surface area contributed by atoms with E-state index in [1.807, 2.05) is 0 Å². The number of halogens is 3. The van der Waals surface area contributed by atoms with Gasteiger partial charge in [0.05, 0.1) is 32.9 Å². The second-order valence-corrected chi connectivity index (χ2v) is 8.29. The van der Waals surface area contributed by atoms with Crippen molar-refractivity contribution in [3.05, 3.63) is 63.4 Å². The molecule has 2 N–H and O–H groups in total. The Bertz CT molecular complexity index is 1090. The summed E-state index contributed by atoms with van der Waals surface area (Å²) in [6.45, 7) is 0. The molecule has 3 aromatic rings. The van der Waals surface area contributed by atoms with Crippen LogP contribution in [0.15, 0.2) is 47.6 Å². The predicted octanol–water partition coefficient (Wildman–Crippen LogP) is 4.69. The number of amides is 2. The van der Waals surface area contributed by atoms with E-state index in [9.17, 15) is 9.59 Å². The first-order chi connectivity index (χ1) is 14.3. The van der Waals surface area contributed by atoms with Crippen LogP contribution in [0.4, 0.5) is 11.4 Å². The van der Waals surface area contributed by atoms with Crippen LogP contribution in [-0.4, -0.2) is 32.3 Å². The van der Waals surface area contributed by atoms with E-state index in [1.54, 1.807) is 54.1 Å². The minimum atomic E-state index is -0.281. The fraction of sp³-hybridized carbons (Fsp3) is 0.158. The van der Waals surface area contributed by atoms with Crippen molar-refractivity contribution in [1.82, 2.24) is 14.8 Å². The lowest BCUT2D eigenvalue weighted by molar-refractivity contribution is -0.116. The zero-order chi connectivity index (χ0) is 21.7. The fourth-order valence-electron chi connectivity index (χ4n) is 2.43. The molecule has 0 aliphatic carbocycles. The number of thioether (sulfide) groups is 1. The van der Waals surface area contributed by atoms with Gasteiger partial charge in [-0.25, -0.2) is 0 Å². The summed E-state index contributed by atoms with van der Waals surface area (Å²) in [6, 6.07) is 11.8. The Morgan fingerprint density at radius 2 is 1.73 bits per heavy atom. The number of aromatic nitrogens is 3. The highest BCUT2D eigenvalue weighted by atomic mass is 35.5. The molecule has 0 radical (unpaired) electrons. The summed E-state index contributed by atoms with van der Waals surface area (Å²) in [6.07, 6.45) is 0.0100. The standard InChI is InChI=1S/C19H16Cl3N5O2S/c1-27-16(9-17(28)23-11-6-7-12(20)14(22)8-11)25-26-19(27)30-10-18(29)24-15-5-3-2-4-13(15)21/h2-8H,9-10H2,1H3,(H,23,28)(H,24,29). The molecule has 0 unspecified atom stereocenters. The van der Waals surface area contributed by atoms with Crippen molar-refractivity contribution in [3.8, 4) is 0 Å². The molecular weight excluding hydrogens is 469 g/mol. The normalized spacial score (nSPS) is 10.7. The highest BCUT2D eigenvalue weighted by Crippen LogP contribution is 2.25. The predicted molar refractivity (Wildman–Crippen MR) is 121 cm³/mol. The molecule has 0 fully saturated rings. The van der Waals surface area contributed by atoms with Crippen LogP contribution in [0.1, 0.15) is 5.82 Å². The maximum Gasteiger partial charge on any atom is 0.234 e. The quantitative estimate of drug-likeness (QED) is 0.475. The summed E-state index contributed by atoms with van der Waals surface area (Å²) in [5.41, 5.74) is 1.07. The molecule has 0 spiro atoms. The third kappa shape index (κ3) is 5.89. The first-order valence-corrected chi connectivity index (χ1v) is 10.8. The third-order valence-corrected chi connectivity index (χ3v) is 6.02. The van der Waals surface area contributed by atoms with E-state index in [1.165, 1.54) is 11.8 Å². The van der Waals surface area contributed by atoms with Gasteiger partial charge in [-0.05, 0) is 30.3 Å². The zero-order valence-corrected chi connectivity index (χ0v) is 18.7. The minimum absolute atomic E-state index is 0.0100. The number of nitrogens with one attached hydrogen (secondary N) is 2. The first-order valence-electron chi connectivity index (χ1n) is 8.64. The summed E-state index contributed by atoms with van der Waals surface area (Å²) in [4.78, 5) is 24.4.